The van der Waals surface area contributed by atoms with Crippen molar-refractivity contribution in [2.45, 2.75) is 63.5 Å². The first-order chi connectivity index (χ1) is 16.9. The van der Waals surface area contributed by atoms with Crippen molar-refractivity contribution >= 4 is 12.0 Å². The van der Waals surface area contributed by atoms with Crippen molar-refractivity contribution in [3.05, 3.63) is 71.2 Å². The van der Waals surface area contributed by atoms with Gasteiger partial charge in [0, 0.05) is 24.6 Å². The smallest absolute Gasteiger partial charge is 0.408 e. The Hall–Kier alpha value is -3.09. The fourth-order valence-electron chi connectivity index (χ4n) is 6.80. The number of rotatable bonds is 8. The van der Waals surface area contributed by atoms with Crippen LogP contribution >= 0.6 is 0 Å². The Morgan fingerprint density at radius 1 is 1.00 bits per heavy atom. The number of amides is 2. The Morgan fingerprint density at radius 2 is 1.66 bits per heavy atom. The maximum Gasteiger partial charge on any atom is 0.408 e. The van der Waals surface area contributed by atoms with Crippen LogP contribution in [0.4, 0.5) is 4.79 Å². The van der Waals surface area contributed by atoms with Crippen LogP contribution in [0.25, 0.3) is 0 Å². The van der Waals surface area contributed by atoms with Gasteiger partial charge in [0.1, 0.15) is 11.6 Å². The number of carbonyl (C=O) groups excluding carboxylic acids is 2. The molecule has 0 saturated heterocycles. The summed E-state index contributed by atoms with van der Waals surface area (Å²) < 4.78 is 6.72. The van der Waals surface area contributed by atoms with Crippen molar-refractivity contribution in [2.24, 2.45) is 23.7 Å². The van der Waals surface area contributed by atoms with Crippen LogP contribution in [-0.2, 0) is 22.4 Å². The zero-order chi connectivity index (χ0) is 24.4. The summed E-state index contributed by atoms with van der Waals surface area (Å²) in [7, 11) is 0. The van der Waals surface area contributed by atoms with E-state index in [2.05, 4.69) is 10.6 Å². The van der Waals surface area contributed by atoms with Crippen molar-refractivity contribution in [3.63, 3.8) is 0 Å². The first-order valence-corrected chi connectivity index (χ1v) is 12.9. The highest BCUT2D eigenvalue weighted by atomic mass is 16.6. The number of nitrogens with one attached hydrogen (secondary N) is 2. The standard InChI is InChI=1S/C28H35N3O4/c1-28(17-20-8-5-11-31(34)18-20,26(32)29-10-9-19-6-3-2-4-7-19)30-27(33)35-25-23-13-21-12-22(15-23)16-24(25)14-21/h2-8,11,18,21-25H,9-10,12-17H2,1H3,(H,29,32)(H,30,33). The molecule has 2 N–H and O–H groups in total. The molecule has 4 fully saturated rings. The summed E-state index contributed by atoms with van der Waals surface area (Å²) in [6.45, 7) is 2.15. The first-order valence-electron chi connectivity index (χ1n) is 12.9. The van der Waals surface area contributed by atoms with Crippen LogP contribution in [0, 0.1) is 28.9 Å². The van der Waals surface area contributed by atoms with Gasteiger partial charge in [-0.2, -0.15) is 4.73 Å². The zero-order valence-corrected chi connectivity index (χ0v) is 20.3. The largest absolute Gasteiger partial charge is 0.619 e. The van der Waals surface area contributed by atoms with Gasteiger partial charge in [-0.15, -0.1) is 0 Å². The number of alkyl carbamates (subject to hydrolysis) is 1. The number of benzene rings is 1. The van der Waals surface area contributed by atoms with Crippen LogP contribution in [0.1, 0.15) is 50.2 Å². The highest BCUT2D eigenvalue weighted by molar-refractivity contribution is 5.90. The molecule has 7 nitrogen and oxygen atoms in total. The molecule has 1 aromatic carbocycles. The van der Waals surface area contributed by atoms with Crippen LogP contribution < -0.4 is 15.4 Å². The molecule has 4 aliphatic carbocycles. The molecule has 0 aliphatic heterocycles. The summed E-state index contributed by atoms with van der Waals surface area (Å²) in [6, 6.07) is 13.4. The average Bonchev–Trinajstić information content (AvgIpc) is 2.81. The molecule has 4 bridgehead atoms. The van der Waals surface area contributed by atoms with Crippen molar-refractivity contribution in [1.29, 1.82) is 0 Å². The zero-order valence-electron chi connectivity index (χ0n) is 20.3. The molecular weight excluding hydrogens is 442 g/mol. The van der Waals surface area contributed by atoms with Crippen LogP contribution in [0.3, 0.4) is 0 Å². The second kappa shape index (κ2) is 9.88. The molecule has 7 heteroatoms. The van der Waals surface area contributed by atoms with Crippen molar-refractivity contribution in [3.8, 4) is 0 Å². The lowest BCUT2D eigenvalue weighted by atomic mass is 9.55. The quantitative estimate of drug-likeness (QED) is 0.449. The molecule has 2 amide bonds. The summed E-state index contributed by atoms with van der Waals surface area (Å²) >= 11 is 0. The molecule has 4 saturated carbocycles. The summed E-state index contributed by atoms with van der Waals surface area (Å²) in [5.74, 6) is 2.17. The molecule has 1 unspecified atom stereocenters. The second-order valence-corrected chi connectivity index (χ2v) is 11.0. The highest BCUT2D eigenvalue weighted by Gasteiger charge is 2.50. The lowest BCUT2D eigenvalue weighted by molar-refractivity contribution is -0.605. The van der Waals surface area contributed by atoms with E-state index in [1.807, 2.05) is 30.3 Å². The van der Waals surface area contributed by atoms with Crippen LogP contribution in [0.5, 0.6) is 0 Å². The van der Waals surface area contributed by atoms with E-state index in [0.29, 0.717) is 35.1 Å². The Morgan fingerprint density at radius 3 is 2.31 bits per heavy atom. The molecule has 0 spiro atoms. The number of ether oxygens (including phenoxy) is 1. The van der Waals surface area contributed by atoms with Crippen LogP contribution in [0.2, 0.25) is 0 Å². The monoisotopic (exact) mass is 477 g/mol. The van der Waals surface area contributed by atoms with Gasteiger partial charge in [0.25, 0.3) is 0 Å². The average molecular weight is 478 g/mol. The Balaban J connectivity index is 1.26. The van der Waals surface area contributed by atoms with Gasteiger partial charge in [0.2, 0.25) is 5.91 Å². The van der Waals surface area contributed by atoms with E-state index in [1.54, 1.807) is 19.1 Å². The van der Waals surface area contributed by atoms with Gasteiger partial charge >= 0.3 is 6.09 Å². The van der Waals surface area contributed by atoms with Crippen molar-refractivity contribution in [2.75, 3.05) is 6.54 Å². The molecule has 6 rings (SSSR count). The first kappa shape index (κ1) is 23.6. The van der Waals surface area contributed by atoms with Crippen molar-refractivity contribution in [1.82, 2.24) is 10.6 Å². The maximum atomic E-state index is 13.4. The SMILES string of the molecule is CC(Cc1ccc[n+]([O-])c1)(NC(=O)OC1C2CC3CC(C2)CC1C3)C(=O)NCCc1ccccc1. The molecule has 186 valence electrons. The summed E-state index contributed by atoms with van der Waals surface area (Å²) in [4.78, 5) is 26.5. The predicted octanol–water partition coefficient (Wildman–Crippen LogP) is 3.53. The lowest BCUT2D eigenvalue weighted by Gasteiger charge is -2.53. The molecule has 35 heavy (non-hydrogen) atoms. The van der Waals surface area contributed by atoms with Crippen LogP contribution in [-0.4, -0.2) is 30.2 Å². The van der Waals surface area contributed by atoms with Gasteiger partial charge in [-0.25, -0.2) is 4.79 Å². The maximum absolute atomic E-state index is 13.4. The van der Waals surface area contributed by atoms with E-state index in [4.69, 9.17) is 4.74 Å². The lowest BCUT2D eigenvalue weighted by Crippen LogP contribution is -2.60. The summed E-state index contributed by atoms with van der Waals surface area (Å²) in [6.07, 6.45) is 9.02. The van der Waals surface area contributed by atoms with E-state index < -0.39 is 11.6 Å². The van der Waals surface area contributed by atoms with Gasteiger partial charge in [-0.3, -0.25) is 4.79 Å². The third kappa shape index (κ3) is 5.44. The molecule has 4 aliphatic rings. The predicted molar refractivity (Wildman–Crippen MR) is 131 cm³/mol. The van der Waals surface area contributed by atoms with Gasteiger partial charge in [-0.05, 0) is 80.8 Å². The Kier molecular flexibility index (Phi) is 6.67. The topological polar surface area (TPSA) is 94.4 Å². The molecule has 2 aromatic rings. The number of carbonyl (C=O) groups is 2. The Labute approximate surface area is 206 Å². The van der Waals surface area contributed by atoms with E-state index in [1.165, 1.54) is 18.8 Å². The molecule has 1 atom stereocenters. The molecule has 1 aromatic heterocycles. The fourth-order valence-corrected chi connectivity index (χ4v) is 6.80. The molecule has 1 heterocycles. The third-order valence-electron chi connectivity index (χ3n) is 8.20. The normalized spacial score (nSPS) is 28.2. The van der Waals surface area contributed by atoms with E-state index in [9.17, 15) is 14.8 Å². The molecule has 0 radical (unpaired) electrons. The minimum atomic E-state index is -1.26. The van der Waals surface area contributed by atoms with Gasteiger partial charge in [0.05, 0.1) is 0 Å². The van der Waals surface area contributed by atoms with E-state index in [0.717, 1.165) is 43.1 Å². The second-order valence-electron chi connectivity index (χ2n) is 11.0. The number of pyridine rings is 1. The van der Waals surface area contributed by atoms with E-state index >= 15 is 0 Å². The van der Waals surface area contributed by atoms with Gasteiger partial charge in [0.15, 0.2) is 12.4 Å². The van der Waals surface area contributed by atoms with Gasteiger partial charge in [-0.1, -0.05) is 30.3 Å². The fraction of sp³-hybridized carbons (Fsp3) is 0.536. The minimum absolute atomic E-state index is 0.0614. The summed E-state index contributed by atoms with van der Waals surface area (Å²) in [5.41, 5.74) is 0.533. The number of nitrogens with zero attached hydrogens (tertiary/aromatic N) is 1. The third-order valence-corrected chi connectivity index (χ3v) is 8.20. The van der Waals surface area contributed by atoms with Crippen LogP contribution in [0.15, 0.2) is 54.9 Å². The minimum Gasteiger partial charge on any atom is -0.619 e. The van der Waals surface area contributed by atoms with Gasteiger partial charge < -0.3 is 20.6 Å². The molecular formula is C28H35N3O4. The highest BCUT2D eigenvalue weighted by Crippen LogP contribution is 2.54. The number of hydrogen-bond donors (Lipinski definition) is 2. The summed E-state index contributed by atoms with van der Waals surface area (Å²) in [5, 5.41) is 17.7. The van der Waals surface area contributed by atoms with Crippen molar-refractivity contribution < 1.29 is 19.1 Å². The number of aromatic nitrogens is 1. The van der Waals surface area contributed by atoms with E-state index in [-0.39, 0.29) is 18.4 Å². The number of hydrogen-bond acceptors (Lipinski definition) is 4. The Bertz CT molecular complexity index is 1030.